The molecule has 0 saturated heterocycles. The van der Waals surface area contributed by atoms with Crippen molar-refractivity contribution in [3.63, 3.8) is 0 Å². The number of carbonyl (C=O) groups excluding carboxylic acids is 3. The smallest absolute Gasteiger partial charge is 0.316 e. The van der Waals surface area contributed by atoms with Crippen molar-refractivity contribution < 1.29 is 14.4 Å². The van der Waals surface area contributed by atoms with Crippen LogP contribution in [-0.2, 0) is 9.59 Å². The van der Waals surface area contributed by atoms with Crippen LogP contribution >= 0.6 is 0 Å². The van der Waals surface area contributed by atoms with Crippen molar-refractivity contribution in [2.75, 3.05) is 0 Å². The first-order valence-corrected chi connectivity index (χ1v) is 6.35. The fourth-order valence-corrected chi connectivity index (χ4v) is 1.87. The molecule has 116 valence electrons. The number of pyridine rings is 1. The van der Waals surface area contributed by atoms with E-state index in [1.165, 1.54) is 0 Å². The molecule has 4 amide bonds. The Bertz CT molecular complexity index is 712. The van der Waals surface area contributed by atoms with Gasteiger partial charge in [0.1, 0.15) is 0 Å². The fourth-order valence-electron chi connectivity index (χ4n) is 1.87. The summed E-state index contributed by atoms with van der Waals surface area (Å²) in [6, 6.07) is 2.48. The number of hydrogen-bond acceptors (Lipinski definition) is 5. The summed E-state index contributed by atoms with van der Waals surface area (Å²) in [7, 11) is 0. The van der Waals surface area contributed by atoms with Gasteiger partial charge >= 0.3 is 6.03 Å². The van der Waals surface area contributed by atoms with E-state index in [1.54, 1.807) is 29.7 Å². The standard InChI is InChI=1S/C12H15N7O3/c1-6(11-18-17-7-4-2-3-5-19(7)11)15-12(22)16-8(9(13)20)10(14)21/h2-6,8H,1H3,(H2,13,20)(H2,14,21)(H2,15,16,22). The molecule has 10 nitrogen and oxygen atoms in total. The molecule has 1 atom stereocenters. The van der Waals surface area contributed by atoms with Crippen molar-refractivity contribution in [1.82, 2.24) is 25.2 Å². The normalized spacial score (nSPS) is 12.1. The summed E-state index contributed by atoms with van der Waals surface area (Å²) in [6.45, 7) is 1.67. The maximum Gasteiger partial charge on any atom is 0.316 e. The summed E-state index contributed by atoms with van der Waals surface area (Å²) in [6.07, 6.45) is 1.75. The minimum atomic E-state index is -1.58. The lowest BCUT2D eigenvalue weighted by molar-refractivity contribution is -0.128. The van der Waals surface area contributed by atoms with E-state index >= 15 is 0 Å². The molecule has 2 heterocycles. The van der Waals surface area contributed by atoms with E-state index in [1.807, 2.05) is 6.07 Å². The molecule has 0 saturated carbocycles. The summed E-state index contributed by atoms with van der Waals surface area (Å²) >= 11 is 0. The molecule has 0 spiro atoms. The Morgan fingerprint density at radius 3 is 2.45 bits per heavy atom. The first kappa shape index (κ1) is 15.2. The Hall–Kier alpha value is -3.17. The Balaban J connectivity index is 2.08. The third kappa shape index (κ3) is 3.11. The molecule has 0 aromatic carbocycles. The average Bonchev–Trinajstić information content (AvgIpc) is 2.88. The predicted octanol–water partition coefficient (Wildman–Crippen LogP) is -1.57. The lowest BCUT2D eigenvalue weighted by atomic mass is 10.2. The fraction of sp³-hybridized carbons (Fsp3) is 0.250. The molecule has 22 heavy (non-hydrogen) atoms. The van der Waals surface area contributed by atoms with Gasteiger partial charge in [-0.15, -0.1) is 10.2 Å². The number of nitrogens with two attached hydrogens (primary N) is 2. The number of urea groups is 1. The van der Waals surface area contributed by atoms with E-state index in [4.69, 9.17) is 11.5 Å². The monoisotopic (exact) mass is 305 g/mol. The largest absolute Gasteiger partial charge is 0.367 e. The van der Waals surface area contributed by atoms with Crippen molar-refractivity contribution in [1.29, 1.82) is 0 Å². The van der Waals surface area contributed by atoms with E-state index in [9.17, 15) is 14.4 Å². The number of nitrogens with zero attached hydrogens (tertiary/aromatic N) is 3. The topological polar surface area (TPSA) is 157 Å². The molecule has 6 N–H and O–H groups in total. The molecule has 0 aliphatic rings. The van der Waals surface area contributed by atoms with Crippen LogP contribution in [0.5, 0.6) is 0 Å². The molecule has 1 unspecified atom stereocenters. The maximum atomic E-state index is 11.8. The van der Waals surface area contributed by atoms with E-state index in [-0.39, 0.29) is 0 Å². The lowest BCUT2D eigenvalue weighted by Gasteiger charge is -2.16. The van der Waals surface area contributed by atoms with Crippen molar-refractivity contribution in [2.45, 2.75) is 19.0 Å². The molecule has 0 aliphatic carbocycles. The zero-order valence-electron chi connectivity index (χ0n) is 11.7. The number of aromatic nitrogens is 3. The van der Waals surface area contributed by atoms with Crippen LogP contribution in [0.4, 0.5) is 4.79 Å². The van der Waals surface area contributed by atoms with Crippen LogP contribution in [0.2, 0.25) is 0 Å². The number of rotatable bonds is 5. The minimum absolute atomic E-state index is 0.487. The summed E-state index contributed by atoms with van der Waals surface area (Å²) in [5.74, 6) is -1.59. The number of amides is 4. The first-order chi connectivity index (χ1) is 10.4. The van der Waals surface area contributed by atoms with Crippen LogP contribution in [0.3, 0.4) is 0 Å². The van der Waals surface area contributed by atoms with Crippen molar-refractivity contribution >= 4 is 23.5 Å². The van der Waals surface area contributed by atoms with E-state index in [2.05, 4.69) is 20.8 Å². The molecule has 10 heteroatoms. The number of nitrogens with one attached hydrogen (secondary N) is 2. The zero-order valence-corrected chi connectivity index (χ0v) is 11.7. The van der Waals surface area contributed by atoms with Gasteiger partial charge < -0.3 is 22.1 Å². The van der Waals surface area contributed by atoms with Gasteiger partial charge in [-0.25, -0.2) is 4.79 Å². The molecule has 0 radical (unpaired) electrons. The third-order valence-corrected chi connectivity index (χ3v) is 2.92. The van der Waals surface area contributed by atoms with Crippen LogP contribution in [0.25, 0.3) is 5.65 Å². The van der Waals surface area contributed by atoms with Crippen LogP contribution in [0.15, 0.2) is 24.4 Å². The third-order valence-electron chi connectivity index (χ3n) is 2.92. The zero-order chi connectivity index (χ0) is 16.3. The number of hydrogen-bond donors (Lipinski definition) is 4. The summed E-state index contributed by atoms with van der Waals surface area (Å²) in [5, 5.41) is 12.6. The van der Waals surface area contributed by atoms with Gasteiger partial charge in [-0.05, 0) is 19.1 Å². The van der Waals surface area contributed by atoms with Gasteiger partial charge in [0, 0.05) is 6.20 Å². The average molecular weight is 305 g/mol. The van der Waals surface area contributed by atoms with Gasteiger partial charge in [-0.2, -0.15) is 0 Å². The molecule has 0 bridgehead atoms. The van der Waals surface area contributed by atoms with Gasteiger partial charge in [-0.3, -0.25) is 14.0 Å². The molecule has 2 rings (SSSR count). The summed E-state index contributed by atoms with van der Waals surface area (Å²) in [5.41, 5.74) is 10.6. The molecule has 0 aliphatic heterocycles. The van der Waals surface area contributed by atoms with Crippen LogP contribution < -0.4 is 22.1 Å². The highest BCUT2D eigenvalue weighted by Crippen LogP contribution is 2.11. The number of fused-ring (bicyclic) bond motifs is 1. The SMILES string of the molecule is CC(NC(=O)NC(C(N)=O)C(N)=O)c1nnc2ccccn12. The Labute approximate surface area is 124 Å². The van der Waals surface area contributed by atoms with Crippen molar-refractivity contribution in [2.24, 2.45) is 11.5 Å². The number of carbonyl (C=O) groups is 3. The van der Waals surface area contributed by atoms with E-state index < -0.39 is 29.9 Å². The molecule has 0 fully saturated rings. The maximum absolute atomic E-state index is 11.8. The first-order valence-electron chi connectivity index (χ1n) is 6.35. The highest BCUT2D eigenvalue weighted by Gasteiger charge is 2.25. The van der Waals surface area contributed by atoms with E-state index in [0.29, 0.717) is 11.5 Å². The van der Waals surface area contributed by atoms with Crippen LogP contribution in [0.1, 0.15) is 18.8 Å². The molecule has 2 aromatic rings. The lowest BCUT2D eigenvalue weighted by Crippen LogP contribution is -2.55. The molecular weight excluding hydrogens is 290 g/mol. The molecule has 2 aromatic heterocycles. The van der Waals surface area contributed by atoms with Gasteiger partial charge in [0.15, 0.2) is 17.5 Å². The summed E-state index contributed by atoms with van der Waals surface area (Å²) in [4.78, 5) is 33.8. The van der Waals surface area contributed by atoms with Gasteiger partial charge in [0.25, 0.3) is 0 Å². The second-order valence-electron chi connectivity index (χ2n) is 4.56. The van der Waals surface area contributed by atoms with Gasteiger partial charge in [0.2, 0.25) is 11.8 Å². The van der Waals surface area contributed by atoms with Gasteiger partial charge in [-0.1, -0.05) is 6.07 Å². The molecular formula is C12H15N7O3. The highest BCUT2D eigenvalue weighted by molar-refractivity contribution is 6.05. The highest BCUT2D eigenvalue weighted by atomic mass is 16.2. The van der Waals surface area contributed by atoms with Crippen molar-refractivity contribution in [3.05, 3.63) is 30.2 Å². The van der Waals surface area contributed by atoms with Gasteiger partial charge in [0.05, 0.1) is 6.04 Å². The van der Waals surface area contributed by atoms with E-state index in [0.717, 1.165) is 0 Å². The Kier molecular flexibility index (Phi) is 4.20. The minimum Gasteiger partial charge on any atom is -0.367 e. The second kappa shape index (κ2) is 6.08. The van der Waals surface area contributed by atoms with Crippen molar-refractivity contribution in [3.8, 4) is 0 Å². The Morgan fingerprint density at radius 2 is 1.82 bits per heavy atom. The summed E-state index contributed by atoms with van der Waals surface area (Å²) < 4.78 is 1.70. The second-order valence-corrected chi connectivity index (χ2v) is 4.56. The van der Waals surface area contributed by atoms with Crippen LogP contribution in [0, 0.1) is 0 Å². The quantitative estimate of drug-likeness (QED) is 0.490. The number of primary amides is 2. The van der Waals surface area contributed by atoms with Crippen LogP contribution in [-0.4, -0.2) is 38.5 Å². The Morgan fingerprint density at radius 1 is 1.14 bits per heavy atom. The predicted molar refractivity (Wildman–Crippen MR) is 75.2 cm³/mol.